The highest BCUT2D eigenvalue weighted by Crippen LogP contribution is 2.21. The monoisotopic (exact) mass is 220 g/mol. The van der Waals surface area contributed by atoms with Gasteiger partial charge in [0.1, 0.15) is 5.75 Å². The lowest BCUT2D eigenvalue weighted by molar-refractivity contribution is -0.384. The zero-order valence-corrected chi connectivity index (χ0v) is 8.86. The Morgan fingerprint density at radius 1 is 1.56 bits per heavy atom. The average molecular weight is 220 g/mol. The van der Waals surface area contributed by atoms with E-state index in [2.05, 4.69) is 17.2 Å². The second kappa shape index (κ2) is 5.73. The smallest absolute Gasteiger partial charge is 0.270 e. The van der Waals surface area contributed by atoms with E-state index in [4.69, 9.17) is 0 Å². The quantitative estimate of drug-likeness (QED) is 0.348. The number of aromatic hydroxyl groups is 1. The molecule has 5 heteroatoms. The number of nitrogens with zero attached hydrogens (tertiary/aromatic N) is 1. The van der Waals surface area contributed by atoms with Crippen molar-refractivity contribution in [3.05, 3.63) is 33.9 Å². The summed E-state index contributed by atoms with van der Waals surface area (Å²) in [5.41, 5.74) is 0.209. The second-order valence-corrected chi connectivity index (χ2v) is 3.11. The van der Waals surface area contributed by atoms with Crippen LogP contribution in [0.15, 0.2) is 18.2 Å². The molecular weight excluding hydrogens is 208 g/mol. The molecule has 0 aromatic heterocycles. The maximum atomic E-state index is 10.5. The number of rotatable bonds is 3. The molecule has 5 nitrogen and oxygen atoms in total. The number of phenolic OH excluding ortho intramolecular Hbond substituents is 1. The molecule has 0 saturated carbocycles. The van der Waals surface area contributed by atoms with E-state index >= 15 is 0 Å². The van der Waals surface area contributed by atoms with Crippen LogP contribution in [0.3, 0.4) is 0 Å². The van der Waals surface area contributed by atoms with Gasteiger partial charge < -0.3 is 10.4 Å². The Kier molecular flexibility index (Phi) is 4.30. The molecule has 1 aromatic carbocycles. The highest BCUT2D eigenvalue weighted by atomic mass is 16.6. The fraction of sp³-hybridized carbons (Fsp3) is 0.273. The van der Waals surface area contributed by atoms with Crippen LogP contribution in [0, 0.1) is 22.0 Å². The van der Waals surface area contributed by atoms with Gasteiger partial charge in [-0.3, -0.25) is 10.1 Å². The number of hydrogen-bond donors (Lipinski definition) is 2. The molecule has 0 amide bonds. The first-order chi connectivity index (χ1) is 7.65. The van der Waals surface area contributed by atoms with Crippen LogP contribution in [0.4, 0.5) is 5.69 Å². The van der Waals surface area contributed by atoms with Crippen molar-refractivity contribution in [1.29, 1.82) is 0 Å². The molecule has 0 spiro atoms. The number of non-ortho nitro benzene ring substituents is 1. The molecule has 0 aliphatic heterocycles. The summed E-state index contributed by atoms with van der Waals surface area (Å²) in [7, 11) is 1.81. The Bertz CT molecular complexity index is 446. The van der Waals surface area contributed by atoms with Gasteiger partial charge in [-0.05, 0) is 13.1 Å². The highest BCUT2D eigenvalue weighted by molar-refractivity contribution is 5.51. The van der Waals surface area contributed by atoms with Gasteiger partial charge in [-0.1, -0.05) is 11.8 Å². The third-order valence-electron chi connectivity index (χ3n) is 1.91. The van der Waals surface area contributed by atoms with Gasteiger partial charge in [0, 0.05) is 25.1 Å². The molecule has 0 aliphatic carbocycles. The molecule has 16 heavy (non-hydrogen) atoms. The van der Waals surface area contributed by atoms with Gasteiger partial charge in [-0.2, -0.15) is 0 Å². The minimum atomic E-state index is -0.516. The van der Waals surface area contributed by atoms with E-state index in [1.807, 2.05) is 7.05 Å². The standard InChI is InChI=1S/C11H12N2O3/c1-12-7-3-2-4-9-8-10(13(15)16)5-6-11(9)14/h5-6,8,12,14H,3,7H2,1H3. The van der Waals surface area contributed by atoms with Crippen molar-refractivity contribution in [2.45, 2.75) is 6.42 Å². The molecule has 0 unspecified atom stereocenters. The van der Waals surface area contributed by atoms with Crippen LogP contribution >= 0.6 is 0 Å². The topological polar surface area (TPSA) is 75.4 Å². The van der Waals surface area contributed by atoms with E-state index in [1.54, 1.807) is 0 Å². The second-order valence-electron chi connectivity index (χ2n) is 3.11. The molecule has 1 rings (SSSR count). The minimum Gasteiger partial charge on any atom is -0.507 e. The van der Waals surface area contributed by atoms with Crippen LogP contribution in [-0.2, 0) is 0 Å². The maximum absolute atomic E-state index is 10.5. The van der Waals surface area contributed by atoms with Crippen LogP contribution < -0.4 is 5.32 Å². The number of nitro groups is 1. The van der Waals surface area contributed by atoms with Crippen molar-refractivity contribution >= 4 is 5.69 Å². The van der Waals surface area contributed by atoms with Gasteiger partial charge in [0.15, 0.2) is 0 Å². The lowest BCUT2D eigenvalue weighted by Gasteiger charge is -1.96. The van der Waals surface area contributed by atoms with Gasteiger partial charge in [0.2, 0.25) is 0 Å². The first-order valence-electron chi connectivity index (χ1n) is 4.76. The van der Waals surface area contributed by atoms with E-state index in [1.165, 1.54) is 18.2 Å². The van der Waals surface area contributed by atoms with Crippen molar-refractivity contribution in [3.8, 4) is 17.6 Å². The maximum Gasteiger partial charge on any atom is 0.270 e. The molecule has 0 bridgehead atoms. The van der Waals surface area contributed by atoms with E-state index in [0.717, 1.165) is 6.54 Å². The predicted molar refractivity (Wildman–Crippen MR) is 60.2 cm³/mol. The average Bonchev–Trinajstić information content (AvgIpc) is 2.26. The van der Waals surface area contributed by atoms with Gasteiger partial charge in [-0.15, -0.1) is 0 Å². The third-order valence-corrected chi connectivity index (χ3v) is 1.91. The van der Waals surface area contributed by atoms with Crippen molar-refractivity contribution in [2.75, 3.05) is 13.6 Å². The number of nitrogens with one attached hydrogen (secondary N) is 1. The molecule has 84 valence electrons. The molecular formula is C11H12N2O3. The van der Waals surface area contributed by atoms with Crippen LogP contribution in [0.5, 0.6) is 5.75 Å². The van der Waals surface area contributed by atoms with Gasteiger partial charge in [0.25, 0.3) is 5.69 Å². The van der Waals surface area contributed by atoms with E-state index < -0.39 is 4.92 Å². The van der Waals surface area contributed by atoms with Crippen molar-refractivity contribution < 1.29 is 10.0 Å². The first-order valence-corrected chi connectivity index (χ1v) is 4.76. The number of hydrogen-bond acceptors (Lipinski definition) is 4. The molecule has 0 saturated heterocycles. The normalized spacial score (nSPS) is 9.31. The Balaban J connectivity index is 2.88. The largest absolute Gasteiger partial charge is 0.507 e. The summed E-state index contributed by atoms with van der Waals surface area (Å²) >= 11 is 0. The summed E-state index contributed by atoms with van der Waals surface area (Å²) in [6.45, 7) is 0.739. The zero-order valence-electron chi connectivity index (χ0n) is 8.86. The predicted octanol–water partition coefficient (Wildman–Crippen LogP) is 1.26. The molecule has 0 radical (unpaired) electrons. The van der Waals surface area contributed by atoms with Crippen LogP contribution in [0.2, 0.25) is 0 Å². The van der Waals surface area contributed by atoms with Crippen molar-refractivity contribution in [1.82, 2.24) is 5.32 Å². The SMILES string of the molecule is CNCCC#Cc1cc([N+](=O)[O-])ccc1O. The van der Waals surface area contributed by atoms with Crippen LogP contribution in [0.1, 0.15) is 12.0 Å². The van der Waals surface area contributed by atoms with E-state index in [-0.39, 0.29) is 17.0 Å². The molecule has 0 heterocycles. The summed E-state index contributed by atoms with van der Waals surface area (Å²) in [5, 5.41) is 22.9. The van der Waals surface area contributed by atoms with Gasteiger partial charge >= 0.3 is 0 Å². The van der Waals surface area contributed by atoms with Crippen LogP contribution in [0.25, 0.3) is 0 Å². The Morgan fingerprint density at radius 2 is 2.31 bits per heavy atom. The fourth-order valence-electron chi connectivity index (χ4n) is 1.08. The van der Waals surface area contributed by atoms with Crippen molar-refractivity contribution in [3.63, 3.8) is 0 Å². The Morgan fingerprint density at radius 3 is 2.94 bits per heavy atom. The van der Waals surface area contributed by atoms with Crippen molar-refractivity contribution in [2.24, 2.45) is 0 Å². The summed E-state index contributed by atoms with van der Waals surface area (Å²) in [6.07, 6.45) is 0.624. The molecule has 0 aliphatic rings. The molecule has 0 fully saturated rings. The Hall–Kier alpha value is -2.06. The number of phenols is 1. The minimum absolute atomic E-state index is 0.0393. The van der Waals surface area contributed by atoms with Crippen LogP contribution in [-0.4, -0.2) is 23.6 Å². The van der Waals surface area contributed by atoms with Gasteiger partial charge in [0.05, 0.1) is 10.5 Å². The lowest BCUT2D eigenvalue weighted by Crippen LogP contribution is -2.05. The zero-order chi connectivity index (χ0) is 12.0. The molecule has 0 atom stereocenters. The summed E-state index contributed by atoms with van der Waals surface area (Å²) < 4.78 is 0. The highest BCUT2D eigenvalue weighted by Gasteiger charge is 2.08. The Labute approximate surface area is 93.3 Å². The lowest BCUT2D eigenvalue weighted by atomic mass is 10.2. The third kappa shape index (κ3) is 3.26. The molecule has 1 aromatic rings. The number of benzene rings is 1. The summed E-state index contributed by atoms with van der Waals surface area (Å²) in [6, 6.07) is 3.79. The number of nitro benzene ring substituents is 1. The van der Waals surface area contributed by atoms with Gasteiger partial charge in [-0.25, -0.2) is 0 Å². The van der Waals surface area contributed by atoms with E-state index in [0.29, 0.717) is 6.42 Å². The molecule has 2 N–H and O–H groups in total. The summed E-state index contributed by atoms with van der Waals surface area (Å²) in [5.74, 6) is 5.47. The van der Waals surface area contributed by atoms with E-state index in [9.17, 15) is 15.2 Å². The summed E-state index contributed by atoms with van der Waals surface area (Å²) in [4.78, 5) is 9.99. The first kappa shape index (κ1) is 12.0. The fourth-order valence-corrected chi connectivity index (χ4v) is 1.08.